The van der Waals surface area contributed by atoms with Crippen molar-refractivity contribution in [2.45, 2.75) is 37.0 Å². The number of nitrogens with one attached hydrogen (secondary N) is 2. The highest BCUT2D eigenvalue weighted by Gasteiger charge is 2.39. The summed E-state index contributed by atoms with van der Waals surface area (Å²) in [4.78, 5) is 25.7. The van der Waals surface area contributed by atoms with Crippen LogP contribution in [0, 0.1) is 5.92 Å². The van der Waals surface area contributed by atoms with E-state index in [0.717, 1.165) is 35.5 Å². The summed E-state index contributed by atoms with van der Waals surface area (Å²) < 4.78 is 10.3. The van der Waals surface area contributed by atoms with Crippen LogP contribution in [0.2, 0.25) is 0 Å². The third kappa shape index (κ3) is 5.29. The fourth-order valence-electron chi connectivity index (χ4n) is 3.68. The van der Waals surface area contributed by atoms with Crippen LogP contribution >= 0.6 is 11.8 Å². The van der Waals surface area contributed by atoms with Gasteiger partial charge in [0.15, 0.2) is 0 Å². The number of rotatable bonds is 7. The van der Waals surface area contributed by atoms with Crippen LogP contribution in [0.3, 0.4) is 0 Å². The third-order valence-corrected chi connectivity index (χ3v) is 6.62. The van der Waals surface area contributed by atoms with E-state index in [2.05, 4.69) is 10.6 Å². The minimum Gasteiger partial charge on any atom is -0.497 e. The van der Waals surface area contributed by atoms with Crippen LogP contribution in [0.15, 0.2) is 29.2 Å². The summed E-state index contributed by atoms with van der Waals surface area (Å²) in [5.74, 6) is 0.765. The SMILES string of the molecule is COCCCNC(=O)C1CCC2S/C(=C/c3cccc(OC)c3)C(=O)NC2C1. The van der Waals surface area contributed by atoms with Crippen molar-refractivity contribution in [1.29, 1.82) is 0 Å². The van der Waals surface area contributed by atoms with Crippen molar-refractivity contribution in [1.82, 2.24) is 10.6 Å². The number of hydrogen-bond donors (Lipinski definition) is 2. The number of fused-ring (bicyclic) bond motifs is 1. The lowest BCUT2D eigenvalue weighted by molar-refractivity contribution is -0.127. The number of ether oxygens (including phenoxy) is 2. The van der Waals surface area contributed by atoms with E-state index in [4.69, 9.17) is 9.47 Å². The maximum Gasteiger partial charge on any atom is 0.257 e. The summed E-state index contributed by atoms with van der Waals surface area (Å²) in [5, 5.41) is 6.42. The van der Waals surface area contributed by atoms with Gasteiger partial charge in [-0.3, -0.25) is 9.59 Å². The molecule has 7 heteroatoms. The molecule has 1 saturated carbocycles. The Kier molecular flexibility index (Phi) is 7.39. The van der Waals surface area contributed by atoms with Crippen LogP contribution in [0.25, 0.3) is 6.08 Å². The summed E-state index contributed by atoms with van der Waals surface area (Å²) >= 11 is 1.63. The van der Waals surface area contributed by atoms with Gasteiger partial charge in [-0.05, 0) is 49.5 Å². The second-order valence-corrected chi connectivity index (χ2v) is 8.45. The Balaban J connectivity index is 1.58. The molecule has 0 spiro atoms. The molecule has 0 radical (unpaired) electrons. The molecule has 2 aliphatic rings. The Hall–Kier alpha value is -1.99. The molecule has 1 aromatic rings. The lowest BCUT2D eigenvalue weighted by Gasteiger charge is -2.39. The molecule has 0 aromatic heterocycles. The zero-order valence-corrected chi connectivity index (χ0v) is 17.2. The normalized spacial score (nSPS) is 25.7. The van der Waals surface area contributed by atoms with Gasteiger partial charge in [0.2, 0.25) is 5.91 Å². The summed E-state index contributed by atoms with van der Waals surface area (Å²) in [6.45, 7) is 1.27. The van der Waals surface area contributed by atoms with E-state index in [0.29, 0.717) is 24.8 Å². The van der Waals surface area contributed by atoms with E-state index in [1.165, 1.54) is 0 Å². The van der Waals surface area contributed by atoms with Crippen LogP contribution in [-0.4, -0.2) is 50.5 Å². The number of amides is 2. The first kappa shape index (κ1) is 20.7. The van der Waals surface area contributed by atoms with E-state index in [9.17, 15) is 9.59 Å². The Morgan fingerprint density at radius 3 is 3.00 bits per heavy atom. The Bertz CT molecular complexity index is 737. The number of benzene rings is 1. The van der Waals surface area contributed by atoms with Gasteiger partial charge in [0.05, 0.1) is 12.0 Å². The molecule has 152 valence electrons. The first-order valence-corrected chi connectivity index (χ1v) is 10.6. The van der Waals surface area contributed by atoms with Gasteiger partial charge in [-0.25, -0.2) is 0 Å². The standard InChI is InChI=1S/C21H28N2O4S/c1-26-10-4-9-22-20(24)15-7-8-18-17(13-15)23-21(25)19(28-18)12-14-5-3-6-16(11-14)27-2/h3,5-6,11-12,15,17-18H,4,7-10,13H2,1-2H3,(H,22,24)(H,23,25)/b19-12+. The molecular formula is C21H28N2O4S. The average Bonchev–Trinajstić information content (AvgIpc) is 2.71. The van der Waals surface area contributed by atoms with Gasteiger partial charge in [0, 0.05) is 37.5 Å². The van der Waals surface area contributed by atoms with Crippen molar-refractivity contribution in [3.05, 3.63) is 34.7 Å². The van der Waals surface area contributed by atoms with Gasteiger partial charge in [0.1, 0.15) is 5.75 Å². The first-order chi connectivity index (χ1) is 13.6. The van der Waals surface area contributed by atoms with Crippen LogP contribution in [0.1, 0.15) is 31.2 Å². The molecule has 1 saturated heterocycles. The molecule has 3 unspecified atom stereocenters. The Morgan fingerprint density at radius 1 is 1.36 bits per heavy atom. The molecule has 6 nitrogen and oxygen atoms in total. The number of methoxy groups -OCH3 is 2. The highest BCUT2D eigenvalue weighted by molar-refractivity contribution is 8.04. The van der Waals surface area contributed by atoms with Crippen molar-refractivity contribution < 1.29 is 19.1 Å². The van der Waals surface area contributed by atoms with Crippen LogP contribution in [-0.2, 0) is 14.3 Å². The summed E-state index contributed by atoms with van der Waals surface area (Å²) in [7, 11) is 3.29. The lowest BCUT2D eigenvalue weighted by atomic mass is 9.84. The maximum absolute atomic E-state index is 12.6. The summed E-state index contributed by atoms with van der Waals surface area (Å²) in [5.41, 5.74) is 0.944. The Labute approximate surface area is 170 Å². The van der Waals surface area contributed by atoms with Gasteiger partial charge < -0.3 is 20.1 Å². The van der Waals surface area contributed by atoms with Gasteiger partial charge >= 0.3 is 0 Å². The number of hydrogen-bond acceptors (Lipinski definition) is 5. The zero-order valence-electron chi connectivity index (χ0n) is 16.4. The second kappa shape index (κ2) is 9.98. The fourth-order valence-corrected chi connectivity index (χ4v) is 4.98. The largest absolute Gasteiger partial charge is 0.497 e. The monoisotopic (exact) mass is 404 g/mol. The van der Waals surface area contributed by atoms with Crippen molar-refractivity contribution in [2.75, 3.05) is 27.4 Å². The quantitative estimate of drug-likeness (QED) is 0.540. The molecule has 1 heterocycles. The van der Waals surface area contributed by atoms with E-state index >= 15 is 0 Å². The molecule has 1 aliphatic carbocycles. The van der Waals surface area contributed by atoms with Gasteiger partial charge in [-0.2, -0.15) is 0 Å². The highest BCUT2D eigenvalue weighted by Crippen LogP contribution is 2.40. The summed E-state index contributed by atoms with van der Waals surface area (Å²) in [6.07, 6.45) is 5.19. The summed E-state index contributed by atoms with van der Waals surface area (Å²) in [6, 6.07) is 7.71. The predicted molar refractivity (Wildman–Crippen MR) is 111 cm³/mol. The fraction of sp³-hybridized carbons (Fsp3) is 0.524. The van der Waals surface area contributed by atoms with E-state index in [-0.39, 0.29) is 23.8 Å². The van der Waals surface area contributed by atoms with E-state index < -0.39 is 0 Å². The van der Waals surface area contributed by atoms with Crippen LogP contribution in [0.4, 0.5) is 0 Å². The molecule has 1 aliphatic heterocycles. The van der Waals surface area contributed by atoms with E-state index in [1.54, 1.807) is 26.0 Å². The molecule has 2 N–H and O–H groups in total. The molecule has 3 rings (SSSR count). The minimum absolute atomic E-state index is 0.0337. The Morgan fingerprint density at radius 2 is 2.21 bits per heavy atom. The van der Waals surface area contributed by atoms with Gasteiger partial charge in [0.25, 0.3) is 5.91 Å². The minimum atomic E-state index is -0.0600. The number of thioether (sulfide) groups is 1. The average molecular weight is 405 g/mol. The van der Waals surface area contributed by atoms with Crippen LogP contribution in [0.5, 0.6) is 5.75 Å². The predicted octanol–water partition coefficient (Wildman–Crippen LogP) is 2.59. The zero-order chi connectivity index (χ0) is 19.9. The van der Waals surface area contributed by atoms with Crippen molar-refractivity contribution in [3.63, 3.8) is 0 Å². The number of carbonyl (C=O) groups excluding carboxylic acids is 2. The highest BCUT2D eigenvalue weighted by atomic mass is 32.2. The molecule has 28 heavy (non-hydrogen) atoms. The maximum atomic E-state index is 12.6. The smallest absolute Gasteiger partial charge is 0.257 e. The van der Waals surface area contributed by atoms with Gasteiger partial charge in [-0.15, -0.1) is 11.8 Å². The van der Waals surface area contributed by atoms with E-state index in [1.807, 2.05) is 30.3 Å². The topological polar surface area (TPSA) is 76.7 Å². The van der Waals surface area contributed by atoms with Crippen molar-refractivity contribution >= 4 is 29.7 Å². The lowest BCUT2D eigenvalue weighted by Crippen LogP contribution is -2.51. The second-order valence-electron chi connectivity index (χ2n) is 7.17. The van der Waals surface area contributed by atoms with Gasteiger partial charge in [-0.1, -0.05) is 12.1 Å². The third-order valence-electron chi connectivity index (χ3n) is 5.19. The molecule has 2 fully saturated rings. The van der Waals surface area contributed by atoms with Crippen LogP contribution < -0.4 is 15.4 Å². The molecule has 2 amide bonds. The molecule has 1 aromatic carbocycles. The number of carbonyl (C=O) groups is 2. The molecular weight excluding hydrogens is 376 g/mol. The van der Waals surface area contributed by atoms with Crippen molar-refractivity contribution in [2.24, 2.45) is 5.92 Å². The first-order valence-electron chi connectivity index (χ1n) is 9.70. The molecule has 3 atom stereocenters. The molecule has 0 bridgehead atoms. The van der Waals surface area contributed by atoms with Crippen molar-refractivity contribution in [3.8, 4) is 5.75 Å².